The van der Waals surface area contributed by atoms with Gasteiger partial charge in [-0.05, 0) is 60.7 Å². The number of alkyl halides is 6. The van der Waals surface area contributed by atoms with Gasteiger partial charge >= 0.3 is 12.4 Å². The predicted octanol–water partition coefficient (Wildman–Crippen LogP) is 7.03. The zero-order chi connectivity index (χ0) is 28.8. The third-order valence-corrected chi connectivity index (χ3v) is 7.82. The van der Waals surface area contributed by atoms with E-state index in [1.54, 1.807) is 4.72 Å². The lowest BCUT2D eigenvalue weighted by Crippen LogP contribution is -2.27. The van der Waals surface area contributed by atoms with Gasteiger partial charge in [0.25, 0.3) is 5.56 Å². The van der Waals surface area contributed by atoms with Crippen molar-refractivity contribution < 1.29 is 39.9 Å². The first-order valence-corrected chi connectivity index (χ1v) is 13.5. The third-order valence-electron chi connectivity index (χ3n) is 5.23. The quantitative estimate of drug-likeness (QED) is 0.204. The highest BCUT2D eigenvalue weighted by atomic mass is 35.5. The molecule has 0 atom stereocenters. The minimum Gasteiger partial charge on any atom is -0.507 e. The van der Waals surface area contributed by atoms with Crippen molar-refractivity contribution in [2.24, 2.45) is 0 Å². The van der Waals surface area contributed by atoms with E-state index >= 15 is 0 Å². The summed E-state index contributed by atoms with van der Waals surface area (Å²) in [5.41, 5.74) is -1.90. The van der Waals surface area contributed by atoms with Gasteiger partial charge in [0.15, 0.2) is 5.75 Å². The SMILES string of the molecule is O=c1[nH]c2ccc(C(F)(F)F)cc2c(-c2cc(Cl)ccc2O)c1Sc1ccc(NS(=O)(=O)CC(F)(F)F)cc1. The Hall–Kier alpha value is -3.36. The van der Waals surface area contributed by atoms with Crippen molar-refractivity contribution in [1.29, 1.82) is 0 Å². The molecular weight excluding hydrogens is 594 g/mol. The minimum absolute atomic E-state index is 0.0167. The number of sulfonamides is 1. The first-order valence-electron chi connectivity index (χ1n) is 10.6. The molecule has 3 N–H and O–H groups in total. The number of fused-ring (bicyclic) bond motifs is 1. The number of nitrogens with one attached hydrogen (secondary N) is 2. The highest BCUT2D eigenvalue weighted by Gasteiger charge is 2.35. The van der Waals surface area contributed by atoms with E-state index < -0.39 is 39.3 Å². The summed E-state index contributed by atoms with van der Waals surface area (Å²) in [6.07, 6.45) is -9.66. The maximum Gasteiger partial charge on any atom is 0.416 e. The second-order valence-corrected chi connectivity index (χ2v) is 11.4. The lowest BCUT2D eigenvalue weighted by Gasteiger charge is -2.16. The minimum atomic E-state index is -4.95. The number of halogens is 7. The van der Waals surface area contributed by atoms with Gasteiger partial charge in [0.1, 0.15) is 5.75 Å². The van der Waals surface area contributed by atoms with Crippen LogP contribution in [-0.4, -0.2) is 30.4 Å². The molecule has 0 unspecified atom stereocenters. The summed E-state index contributed by atoms with van der Waals surface area (Å²) in [5.74, 6) is -2.45. The van der Waals surface area contributed by atoms with Gasteiger partial charge in [0.2, 0.25) is 10.0 Å². The fourth-order valence-electron chi connectivity index (χ4n) is 3.66. The standard InChI is InChI=1S/C24H15ClF6N2O4S2/c25-13-2-8-19(34)17(10-13)20-16-9-12(24(29,30)31)1-7-18(16)32-22(35)21(20)38-15-5-3-14(4-6-15)33-39(36,37)11-23(26,27)28/h1-10,33-34H,11H2,(H,32,35). The van der Waals surface area contributed by atoms with Crippen LogP contribution in [-0.2, 0) is 16.2 Å². The zero-order valence-electron chi connectivity index (χ0n) is 19.1. The van der Waals surface area contributed by atoms with Crippen LogP contribution in [0.25, 0.3) is 22.0 Å². The molecule has 0 fully saturated rings. The molecule has 206 valence electrons. The molecule has 1 aromatic heterocycles. The fourth-order valence-corrected chi connectivity index (χ4v) is 5.81. The van der Waals surface area contributed by atoms with Gasteiger partial charge in [0.05, 0.1) is 10.5 Å². The summed E-state index contributed by atoms with van der Waals surface area (Å²) >= 11 is 6.85. The zero-order valence-corrected chi connectivity index (χ0v) is 21.5. The number of hydrogen-bond donors (Lipinski definition) is 3. The Kier molecular flexibility index (Phi) is 7.58. The molecule has 0 spiro atoms. The number of anilines is 1. The van der Waals surface area contributed by atoms with Crippen molar-refractivity contribution in [1.82, 2.24) is 4.98 Å². The third kappa shape index (κ3) is 6.81. The number of hydrogen-bond acceptors (Lipinski definition) is 5. The van der Waals surface area contributed by atoms with E-state index in [0.29, 0.717) is 0 Å². The molecule has 1 heterocycles. The molecule has 15 heteroatoms. The molecule has 0 bridgehead atoms. The molecule has 0 aliphatic rings. The van der Waals surface area contributed by atoms with Crippen LogP contribution < -0.4 is 10.3 Å². The second kappa shape index (κ2) is 10.3. The van der Waals surface area contributed by atoms with Crippen LogP contribution in [0.15, 0.2) is 75.2 Å². The van der Waals surface area contributed by atoms with E-state index in [-0.39, 0.29) is 48.3 Å². The number of pyridine rings is 1. The molecule has 4 rings (SSSR count). The van der Waals surface area contributed by atoms with Crippen molar-refractivity contribution in [3.05, 3.63) is 81.6 Å². The average molecular weight is 609 g/mol. The molecule has 0 saturated carbocycles. The Morgan fingerprint density at radius 1 is 0.949 bits per heavy atom. The summed E-state index contributed by atoms with van der Waals surface area (Å²) in [6, 6.07) is 11.5. The topological polar surface area (TPSA) is 99.3 Å². The van der Waals surface area contributed by atoms with Gasteiger partial charge in [-0.3, -0.25) is 9.52 Å². The molecule has 0 saturated heterocycles. The number of aromatic hydroxyl groups is 1. The number of benzene rings is 3. The van der Waals surface area contributed by atoms with E-state index in [4.69, 9.17) is 11.6 Å². The molecular formula is C24H15ClF6N2O4S2. The number of aromatic amines is 1. The first kappa shape index (κ1) is 28.6. The van der Waals surface area contributed by atoms with Crippen molar-refractivity contribution in [3.63, 3.8) is 0 Å². The second-order valence-electron chi connectivity index (χ2n) is 8.18. The Morgan fingerprint density at radius 3 is 2.23 bits per heavy atom. The van der Waals surface area contributed by atoms with E-state index in [1.807, 2.05) is 0 Å². The molecule has 6 nitrogen and oxygen atoms in total. The molecule has 0 aliphatic carbocycles. The monoisotopic (exact) mass is 608 g/mol. The average Bonchev–Trinajstić information content (AvgIpc) is 2.80. The molecule has 0 amide bonds. The number of H-pyrrole nitrogens is 1. The number of aromatic nitrogens is 1. The molecule has 39 heavy (non-hydrogen) atoms. The van der Waals surface area contributed by atoms with Crippen molar-refractivity contribution in [3.8, 4) is 16.9 Å². The Labute approximate surface area is 225 Å². The van der Waals surface area contributed by atoms with E-state index in [2.05, 4.69) is 4.98 Å². The largest absolute Gasteiger partial charge is 0.507 e. The van der Waals surface area contributed by atoms with Gasteiger partial charge in [-0.2, -0.15) is 26.3 Å². The van der Waals surface area contributed by atoms with Crippen molar-refractivity contribution in [2.45, 2.75) is 22.1 Å². The Balaban J connectivity index is 1.83. The molecule has 4 aromatic rings. The number of phenols is 1. The highest BCUT2D eigenvalue weighted by molar-refractivity contribution is 7.99. The van der Waals surface area contributed by atoms with Crippen LogP contribution in [0.2, 0.25) is 5.02 Å². The van der Waals surface area contributed by atoms with E-state index in [1.165, 1.54) is 30.3 Å². The van der Waals surface area contributed by atoms with Crippen LogP contribution in [0.4, 0.5) is 32.0 Å². The smallest absolute Gasteiger partial charge is 0.416 e. The van der Waals surface area contributed by atoms with E-state index in [9.17, 15) is 44.7 Å². The van der Waals surface area contributed by atoms with Crippen LogP contribution in [0, 0.1) is 0 Å². The first-order chi connectivity index (χ1) is 18.0. The normalized spacial score (nSPS) is 12.6. The number of phenolic OH excluding ortho intramolecular Hbond substituents is 1. The van der Waals surface area contributed by atoms with Crippen LogP contribution in [0.3, 0.4) is 0 Å². The van der Waals surface area contributed by atoms with Crippen LogP contribution in [0.5, 0.6) is 5.75 Å². The van der Waals surface area contributed by atoms with E-state index in [0.717, 1.165) is 42.1 Å². The van der Waals surface area contributed by atoms with Gasteiger partial charge in [-0.25, -0.2) is 8.42 Å². The predicted molar refractivity (Wildman–Crippen MR) is 136 cm³/mol. The summed E-state index contributed by atoms with van der Waals surface area (Å²) in [6.45, 7) is 0. The van der Waals surface area contributed by atoms with Crippen LogP contribution >= 0.6 is 23.4 Å². The lowest BCUT2D eigenvalue weighted by atomic mass is 9.98. The van der Waals surface area contributed by atoms with Gasteiger partial charge in [-0.15, -0.1) is 0 Å². The number of rotatable bonds is 6. The summed E-state index contributed by atoms with van der Waals surface area (Å²) in [4.78, 5) is 15.8. The Bertz CT molecular complexity index is 1720. The highest BCUT2D eigenvalue weighted by Crippen LogP contribution is 2.43. The van der Waals surface area contributed by atoms with Crippen molar-refractivity contribution in [2.75, 3.05) is 10.5 Å². The summed E-state index contributed by atoms with van der Waals surface area (Å²) in [7, 11) is -4.73. The maximum atomic E-state index is 13.5. The maximum absolute atomic E-state index is 13.5. The lowest BCUT2D eigenvalue weighted by molar-refractivity contribution is -0.137. The van der Waals surface area contributed by atoms with Crippen LogP contribution in [0.1, 0.15) is 5.56 Å². The fraction of sp³-hybridized carbons (Fsp3) is 0.125. The molecule has 0 radical (unpaired) electrons. The van der Waals surface area contributed by atoms with Crippen molar-refractivity contribution >= 4 is 50.0 Å². The molecule has 3 aromatic carbocycles. The van der Waals surface area contributed by atoms with Gasteiger partial charge in [-0.1, -0.05) is 23.4 Å². The Morgan fingerprint density at radius 2 is 1.62 bits per heavy atom. The summed E-state index contributed by atoms with van der Waals surface area (Å²) < 4.78 is 103. The molecule has 0 aliphatic heterocycles. The van der Waals surface area contributed by atoms with Gasteiger partial charge < -0.3 is 10.1 Å². The summed E-state index contributed by atoms with van der Waals surface area (Å²) in [5, 5.41) is 10.6. The van der Waals surface area contributed by atoms with Gasteiger partial charge in [0, 0.05) is 37.6 Å².